The van der Waals surface area contributed by atoms with E-state index in [9.17, 15) is 14.0 Å². The van der Waals surface area contributed by atoms with Crippen molar-refractivity contribution >= 4 is 40.0 Å². The van der Waals surface area contributed by atoms with E-state index < -0.39 is 23.7 Å². The lowest BCUT2D eigenvalue weighted by molar-refractivity contribution is -0.118. The maximum absolute atomic E-state index is 13.7. The van der Waals surface area contributed by atoms with Gasteiger partial charge in [-0.15, -0.1) is 10.2 Å². The van der Waals surface area contributed by atoms with E-state index in [1.54, 1.807) is 19.9 Å². The molecule has 0 bridgehead atoms. The van der Waals surface area contributed by atoms with E-state index in [4.69, 9.17) is 0 Å². The van der Waals surface area contributed by atoms with E-state index in [0.717, 1.165) is 10.1 Å². The van der Waals surface area contributed by atoms with Crippen LogP contribution in [0.15, 0.2) is 28.6 Å². The molecule has 1 atom stereocenters. The minimum Gasteiger partial charge on any atom is -0.340 e. The molecule has 2 aromatic rings. The van der Waals surface area contributed by atoms with Gasteiger partial charge < -0.3 is 5.32 Å². The first kappa shape index (κ1) is 19.3. The summed E-state index contributed by atoms with van der Waals surface area (Å²) in [5, 5.41) is 13.5. The average molecular weight is 382 g/mol. The number of benzene rings is 1. The summed E-state index contributed by atoms with van der Waals surface area (Å²) in [6, 6.07) is 4.82. The lowest BCUT2D eigenvalue weighted by atomic mass is 10.0. The number of thioether (sulfide) groups is 1. The largest absolute Gasteiger partial charge is 0.340 e. The summed E-state index contributed by atoms with van der Waals surface area (Å²) in [6.07, 6.45) is 0. The Morgan fingerprint density at radius 2 is 2.00 bits per heavy atom. The van der Waals surface area contributed by atoms with Crippen LogP contribution in [0.5, 0.6) is 0 Å². The van der Waals surface area contributed by atoms with Crippen molar-refractivity contribution in [2.45, 2.75) is 31.2 Å². The van der Waals surface area contributed by atoms with Crippen LogP contribution in [0.2, 0.25) is 0 Å². The first-order valence-corrected chi connectivity index (χ1v) is 9.55. The zero-order chi connectivity index (χ0) is 18.4. The predicted octanol–water partition coefficient (Wildman–Crippen LogP) is 3.18. The van der Waals surface area contributed by atoms with Crippen molar-refractivity contribution in [3.63, 3.8) is 0 Å². The number of hydrogen-bond acceptors (Lipinski definition) is 6. The maximum Gasteiger partial charge on any atom is 0.254 e. The van der Waals surface area contributed by atoms with Gasteiger partial charge in [0, 0.05) is 0 Å². The molecule has 0 aliphatic heterocycles. The Hall–Kier alpha value is -2.00. The fraction of sp³-hybridized carbons (Fsp3) is 0.375. The molecule has 2 rings (SSSR count). The Labute approximate surface area is 153 Å². The van der Waals surface area contributed by atoms with E-state index in [0.29, 0.717) is 5.13 Å². The van der Waals surface area contributed by atoms with Crippen molar-refractivity contribution in [1.82, 2.24) is 15.5 Å². The molecule has 0 aliphatic rings. The molecule has 6 nitrogen and oxygen atoms in total. The van der Waals surface area contributed by atoms with Crippen molar-refractivity contribution < 1.29 is 14.0 Å². The van der Waals surface area contributed by atoms with Gasteiger partial charge in [0.1, 0.15) is 11.9 Å². The summed E-state index contributed by atoms with van der Waals surface area (Å²) in [4.78, 5) is 24.8. The van der Waals surface area contributed by atoms with Gasteiger partial charge in [-0.05, 0) is 23.8 Å². The summed E-state index contributed by atoms with van der Waals surface area (Å²) in [5.41, 5.74) is -0.0986. The second-order valence-electron chi connectivity index (χ2n) is 5.47. The van der Waals surface area contributed by atoms with Gasteiger partial charge in [-0.1, -0.05) is 56.0 Å². The Balaban J connectivity index is 2.07. The van der Waals surface area contributed by atoms with Gasteiger partial charge >= 0.3 is 0 Å². The summed E-state index contributed by atoms with van der Waals surface area (Å²) < 4.78 is 14.5. The van der Waals surface area contributed by atoms with Gasteiger partial charge in [0.15, 0.2) is 4.34 Å². The second-order valence-corrected chi connectivity index (χ2v) is 7.96. The van der Waals surface area contributed by atoms with Crippen LogP contribution < -0.4 is 10.6 Å². The van der Waals surface area contributed by atoms with Gasteiger partial charge in [-0.25, -0.2) is 4.39 Å². The van der Waals surface area contributed by atoms with Gasteiger partial charge in [0.05, 0.1) is 5.56 Å². The maximum atomic E-state index is 13.7. The Kier molecular flexibility index (Phi) is 6.89. The summed E-state index contributed by atoms with van der Waals surface area (Å²) >= 11 is 2.80. The van der Waals surface area contributed by atoms with Crippen LogP contribution in [-0.2, 0) is 4.79 Å². The first-order valence-electron chi connectivity index (χ1n) is 7.75. The number of aromatic nitrogens is 2. The number of carbonyl (C=O) groups is 2. The molecule has 1 heterocycles. The van der Waals surface area contributed by atoms with Gasteiger partial charge in [0.25, 0.3) is 5.91 Å². The Morgan fingerprint density at radius 3 is 2.64 bits per heavy atom. The smallest absolute Gasteiger partial charge is 0.254 e. The van der Waals surface area contributed by atoms with Crippen molar-refractivity contribution in [3.8, 4) is 0 Å². The Morgan fingerprint density at radius 1 is 1.28 bits per heavy atom. The quantitative estimate of drug-likeness (QED) is 0.568. The number of hydrogen-bond donors (Lipinski definition) is 2. The number of rotatable bonds is 7. The molecular weight excluding hydrogens is 363 g/mol. The van der Waals surface area contributed by atoms with Crippen LogP contribution >= 0.6 is 23.1 Å². The fourth-order valence-corrected chi connectivity index (χ4v) is 3.68. The predicted molar refractivity (Wildman–Crippen MR) is 97.4 cm³/mol. The van der Waals surface area contributed by atoms with E-state index in [-0.39, 0.29) is 11.5 Å². The SMILES string of the molecule is CCSc1nnc(NC(=O)[C@H](NC(=O)c2ccccc2F)C(C)C)s1. The molecule has 0 saturated heterocycles. The van der Waals surface area contributed by atoms with Crippen LogP contribution in [0.1, 0.15) is 31.1 Å². The zero-order valence-corrected chi connectivity index (χ0v) is 15.7. The van der Waals surface area contributed by atoms with Crippen LogP contribution in [0.4, 0.5) is 9.52 Å². The van der Waals surface area contributed by atoms with Gasteiger partial charge in [0.2, 0.25) is 11.0 Å². The molecule has 0 spiro atoms. The minimum atomic E-state index is -0.821. The standard InChI is InChI=1S/C16H19FN4O2S2/c1-4-24-16-21-20-15(25-16)19-14(23)12(9(2)3)18-13(22)10-7-5-6-8-11(10)17/h5-9,12H,4H2,1-3H3,(H,18,22)(H,19,20,23)/t12-/m1/s1. The first-order chi connectivity index (χ1) is 11.9. The number of nitrogens with zero attached hydrogens (tertiary/aromatic N) is 2. The third-order valence-electron chi connectivity index (χ3n) is 3.26. The monoisotopic (exact) mass is 382 g/mol. The fourth-order valence-electron chi connectivity index (χ4n) is 2.02. The van der Waals surface area contributed by atoms with Crippen molar-refractivity contribution in [3.05, 3.63) is 35.6 Å². The lowest BCUT2D eigenvalue weighted by Crippen LogP contribution is -2.47. The van der Waals surface area contributed by atoms with Crippen LogP contribution in [-0.4, -0.2) is 33.8 Å². The highest BCUT2D eigenvalue weighted by molar-refractivity contribution is 8.01. The number of halogens is 1. The van der Waals surface area contributed by atoms with Gasteiger partial charge in [-0.3, -0.25) is 14.9 Å². The van der Waals surface area contributed by atoms with Crippen molar-refractivity contribution in [2.75, 3.05) is 11.1 Å². The van der Waals surface area contributed by atoms with E-state index in [1.165, 1.54) is 41.3 Å². The number of anilines is 1. The van der Waals surface area contributed by atoms with Crippen molar-refractivity contribution in [2.24, 2.45) is 5.92 Å². The minimum absolute atomic E-state index is 0.0986. The van der Waals surface area contributed by atoms with E-state index in [1.807, 2.05) is 6.92 Å². The van der Waals surface area contributed by atoms with Crippen LogP contribution in [0.25, 0.3) is 0 Å². The molecule has 0 aliphatic carbocycles. The lowest BCUT2D eigenvalue weighted by Gasteiger charge is -2.21. The topological polar surface area (TPSA) is 84.0 Å². The number of carbonyl (C=O) groups excluding carboxylic acids is 2. The summed E-state index contributed by atoms with van der Waals surface area (Å²) in [7, 11) is 0. The molecule has 1 aromatic heterocycles. The molecule has 9 heteroatoms. The molecule has 0 unspecified atom stereocenters. The molecule has 0 radical (unpaired) electrons. The highest BCUT2D eigenvalue weighted by Gasteiger charge is 2.26. The molecule has 0 fully saturated rings. The summed E-state index contributed by atoms with van der Waals surface area (Å²) in [6.45, 7) is 5.59. The summed E-state index contributed by atoms with van der Waals surface area (Å²) in [5.74, 6) is -1.01. The Bertz CT molecular complexity index is 751. The number of amides is 2. The van der Waals surface area contributed by atoms with E-state index >= 15 is 0 Å². The molecule has 134 valence electrons. The zero-order valence-electron chi connectivity index (χ0n) is 14.1. The normalized spacial score (nSPS) is 12.0. The molecule has 2 N–H and O–H groups in total. The second kappa shape index (κ2) is 8.91. The highest BCUT2D eigenvalue weighted by Crippen LogP contribution is 2.25. The van der Waals surface area contributed by atoms with Crippen molar-refractivity contribution in [1.29, 1.82) is 0 Å². The molecule has 25 heavy (non-hydrogen) atoms. The highest BCUT2D eigenvalue weighted by atomic mass is 32.2. The molecule has 1 aromatic carbocycles. The third kappa shape index (κ3) is 5.23. The third-order valence-corrected chi connectivity index (χ3v) is 5.11. The van der Waals surface area contributed by atoms with E-state index in [2.05, 4.69) is 20.8 Å². The van der Waals surface area contributed by atoms with Crippen LogP contribution in [0.3, 0.4) is 0 Å². The molecule has 2 amide bonds. The molecular formula is C16H19FN4O2S2. The van der Waals surface area contributed by atoms with Crippen LogP contribution in [0, 0.1) is 11.7 Å². The van der Waals surface area contributed by atoms with Gasteiger partial charge in [-0.2, -0.15) is 0 Å². The number of nitrogens with one attached hydrogen (secondary N) is 2. The average Bonchev–Trinajstić information content (AvgIpc) is 2.99. The molecule has 0 saturated carbocycles.